The van der Waals surface area contributed by atoms with Gasteiger partial charge in [-0.05, 0) is 37.0 Å². The number of Topliss-reactive ketones (excluding diaryl/α,β-unsaturated/α-hetero) is 1. The fourth-order valence-electron chi connectivity index (χ4n) is 2.87. The van der Waals surface area contributed by atoms with Gasteiger partial charge in [-0.25, -0.2) is 0 Å². The molecule has 1 saturated carbocycles. The van der Waals surface area contributed by atoms with Gasteiger partial charge >= 0.3 is 29.6 Å². The number of aromatic nitrogens is 3. The molecule has 26 heavy (non-hydrogen) atoms. The molecule has 1 fully saturated rings. The normalized spacial score (nSPS) is 12.8. The molecule has 3 rings (SSSR count). The van der Waals surface area contributed by atoms with Crippen molar-refractivity contribution in [2.45, 2.75) is 51.5 Å². The molecule has 0 aliphatic heterocycles. The van der Waals surface area contributed by atoms with Crippen molar-refractivity contribution >= 4 is 23.7 Å². The van der Waals surface area contributed by atoms with Crippen LogP contribution in [0.5, 0.6) is 0 Å². The minimum absolute atomic E-state index is 0. The Morgan fingerprint density at radius 3 is 2.65 bits per heavy atom. The van der Waals surface area contributed by atoms with Gasteiger partial charge in [0, 0.05) is 30.3 Å². The Morgan fingerprint density at radius 2 is 2.00 bits per heavy atom. The Bertz CT molecular complexity index is 775. The van der Waals surface area contributed by atoms with Crippen molar-refractivity contribution in [1.29, 1.82) is 0 Å². The third-order valence-electron chi connectivity index (χ3n) is 4.37. The zero-order valence-corrected chi connectivity index (χ0v) is 17.8. The third-order valence-corrected chi connectivity index (χ3v) is 4.78. The molecule has 1 aromatic heterocycles. The van der Waals surface area contributed by atoms with E-state index in [9.17, 15) is 9.59 Å². The number of halogens is 1. The third kappa shape index (κ3) is 5.47. The maximum Gasteiger partial charge on any atom is 1.00 e. The summed E-state index contributed by atoms with van der Waals surface area (Å²) >= 11 is 6.10. The van der Waals surface area contributed by atoms with Gasteiger partial charge in [-0.1, -0.05) is 30.2 Å². The molecule has 0 spiro atoms. The Hall–Kier alpha value is -1.05. The molecule has 0 atom stereocenters. The first kappa shape index (κ1) is 23.0. The van der Waals surface area contributed by atoms with Crippen LogP contribution in [0.4, 0.5) is 0 Å². The first-order valence-corrected chi connectivity index (χ1v) is 8.51. The van der Waals surface area contributed by atoms with Crippen molar-refractivity contribution in [3.63, 3.8) is 0 Å². The van der Waals surface area contributed by atoms with Crippen molar-refractivity contribution in [1.82, 2.24) is 14.8 Å². The van der Waals surface area contributed by atoms with E-state index >= 15 is 0 Å². The first-order valence-electron chi connectivity index (χ1n) is 8.13. The van der Waals surface area contributed by atoms with Crippen LogP contribution in [0.2, 0.25) is 5.02 Å². The molecule has 1 aliphatic rings. The zero-order chi connectivity index (χ0) is 17.1. The molecule has 8 heteroatoms. The Kier molecular flexibility index (Phi) is 9.13. The Balaban J connectivity index is 0.00000169. The molecule has 1 aliphatic carbocycles. The molecule has 1 heterocycles. The van der Waals surface area contributed by atoms with E-state index in [1.54, 1.807) is 0 Å². The van der Waals surface area contributed by atoms with E-state index in [1.165, 1.54) is 0 Å². The number of aryl methyl sites for hydroxylation is 1. The van der Waals surface area contributed by atoms with Gasteiger partial charge in [-0.3, -0.25) is 11.1 Å². The molecule has 0 saturated heterocycles. The largest absolute Gasteiger partial charge is 1.00 e. The van der Waals surface area contributed by atoms with Gasteiger partial charge < -0.3 is 14.8 Å². The molecular weight excluding hydrogens is 365 g/mol. The molecule has 6 nitrogen and oxygen atoms in total. The summed E-state index contributed by atoms with van der Waals surface area (Å²) in [5, 5.41) is 8.93. The summed E-state index contributed by atoms with van der Waals surface area (Å²) in [5.41, 5.74) is 1.92. The molecule has 0 bridgehead atoms. The van der Waals surface area contributed by atoms with E-state index in [1.807, 2.05) is 36.0 Å². The second-order valence-corrected chi connectivity index (χ2v) is 6.60. The second-order valence-electron chi connectivity index (χ2n) is 6.19. The number of hydrogen-bond acceptors (Lipinski definition) is 5. The SMILES string of the molecule is Cc1c(Cl)cccc1CC(=O)CCc1nnc(C[C-]=O)n1C1CC1.[Na+].[OH-]. The van der Waals surface area contributed by atoms with Crippen LogP contribution in [0.1, 0.15) is 48.1 Å². The maximum absolute atomic E-state index is 12.3. The van der Waals surface area contributed by atoms with E-state index in [-0.39, 0.29) is 47.2 Å². The quantitative estimate of drug-likeness (QED) is 0.464. The fourth-order valence-corrected chi connectivity index (χ4v) is 3.06. The standard InChI is InChI=1S/C18H19ClN3O2.Na.H2O/c1-12-13(3-2-4-16(12)19)11-15(24)7-8-17-20-21-18(9-10-23)22(17)14-5-6-14;;/h2-4,14H,5-9,11H2,1H3;;1H2/q-1;+1;/p-1. The maximum atomic E-state index is 12.3. The van der Waals surface area contributed by atoms with Crippen molar-refractivity contribution in [2.24, 2.45) is 0 Å². The van der Waals surface area contributed by atoms with E-state index in [0.717, 1.165) is 29.8 Å². The van der Waals surface area contributed by atoms with Crippen LogP contribution >= 0.6 is 11.6 Å². The number of hydrogen-bond donors (Lipinski definition) is 0. The van der Waals surface area contributed by atoms with E-state index < -0.39 is 0 Å². The predicted octanol–water partition coefficient (Wildman–Crippen LogP) is -0.201. The summed E-state index contributed by atoms with van der Waals surface area (Å²) in [6.07, 6.45) is 5.50. The molecule has 0 radical (unpaired) electrons. The van der Waals surface area contributed by atoms with Gasteiger partial charge in [0.1, 0.15) is 17.4 Å². The molecule has 0 unspecified atom stereocenters. The molecule has 2 aromatic rings. The number of benzene rings is 1. The Morgan fingerprint density at radius 1 is 1.31 bits per heavy atom. The second kappa shape index (κ2) is 10.3. The fraction of sp³-hybridized carbons (Fsp3) is 0.444. The van der Waals surface area contributed by atoms with Gasteiger partial charge in [0.2, 0.25) is 0 Å². The van der Waals surface area contributed by atoms with E-state index in [4.69, 9.17) is 11.6 Å². The summed E-state index contributed by atoms with van der Waals surface area (Å²) in [5.74, 6) is 1.59. The minimum atomic E-state index is 0. The predicted molar refractivity (Wildman–Crippen MR) is 92.8 cm³/mol. The van der Waals surface area contributed by atoms with Crippen molar-refractivity contribution in [3.05, 3.63) is 46.0 Å². The van der Waals surface area contributed by atoms with Crippen LogP contribution in [0.15, 0.2) is 18.2 Å². The van der Waals surface area contributed by atoms with Crippen molar-refractivity contribution in [2.75, 3.05) is 0 Å². The zero-order valence-electron chi connectivity index (χ0n) is 15.0. The van der Waals surface area contributed by atoms with Crippen LogP contribution in [-0.4, -0.2) is 32.3 Å². The summed E-state index contributed by atoms with van der Waals surface area (Å²) in [4.78, 5) is 23.0. The van der Waals surface area contributed by atoms with Gasteiger partial charge in [-0.2, -0.15) is 0 Å². The molecule has 1 N–H and O–H groups in total. The van der Waals surface area contributed by atoms with Crippen LogP contribution in [0, 0.1) is 6.92 Å². The summed E-state index contributed by atoms with van der Waals surface area (Å²) in [6.45, 7) is 1.93. The van der Waals surface area contributed by atoms with Crippen LogP contribution in [0.25, 0.3) is 0 Å². The number of rotatable bonds is 8. The smallest absolute Gasteiger partial charge is 0.870 e. The average Bonchev–Trinajstić information content (AvgIpc) is 3.32. The van der Waals surface area contributed by atoms with Gasteiger partial charge in [0.15, 0.2) is 0 Å². The van der Waals surface area contributed by atoms with Crippen molar-refractivity contribution in [3.8, 4) is 0 Å². The van der Waals surface area contributed by atoms with Crippen LogP contribution in [-0.2, 0) is 28.9 Å². The monoisotopic (exact) mass is 384 g/mol. The van der Waals surface area contributed by atoms with Crippen LogP contribution < -0.4 is 29.6 Å². The molecule has 0 amide bonds. The molecule has 134 valence electrons. The molecule has 1 aromatic carbocycles. The first-order chi connectivity index (χ1) is 11.6. The molecular formula is C18H20ClN3NaO3-. The number of carbonyl (C=O) groups is 1. The minimum Gasteiger partial charge on any atom is -0.870 e. The summed E-state index contributed by atoms with van der Waals surface area (Å²) in [7, 11) is 0. The summed E-state index contributed by atoms with van der Waals surface area (Å²) in [6, 6.07) is 6.01. The number of carbonyl (C=O) groups excluding carboxylic acids is 2. The number of nitrogens with zero attached hydrogens (tertiary/aromatic N) is 3. The van der Waals surface area contributed by atoms with Gasteiger partial charge in [0.05, 0.1) is 0 Å². The van der Waals surface area contributed by atoms with Gasteiger partial charge in [-0.15, -0.1) is 10.2 Å². The van der Waals surface area contributed by atoms with E-state index in [2.05, 4.69) is 10.2 Å². The van der Waals surface area contributed by atoms with Crippen molar-refractivity contribution < 1.29 is 44.6 Å². The average molecular weight is 385 g/mol. The van der Waals surface area contributed by atoms with E-state index in [0.29, 0.717) is 36.2 Å². The number of ketones is 1. The van der Waals surface area contributed by atoms with Crippen LogP contribution in [0.3, 0.4) is 0 Å². The van der Waals surface area contributed by atoms with Gasteiger partial charge in [0.25, 0.3) is 0 Å². The topological polar surface area (TPSA) is 94.8 Å². The Labute approximate surface area is 179 Å². The summed E-state index contributed by atoms with van der Waals surface area (Å²) < 4.78 is 2.02.